The van der Waals surface area contributed by atoms with E-state index in [0.717, 1.165) is 18.4 Å². The minimum absolute atomic E-state index is 0.181. The Morgan fingerprint density at radius 2 is 2.41 bits per heavy atom. The molecule has 17 heavy (non-hydrogen) atoms. The van der Waals surface area contributed by atoms with Crippen molar-refractivity contribution in [1.29, 1.82) is 0 Å². The number of carbonyl (C=O) groups excluding carboxylic acids is 1. The predicted octanol–water partition coefficient (Wildman–Crippen LogP) is 2.59. The van der Waals surface area contributed by atoms with Crippen LogP contribution in [0.4, 0.5) is 4.39 Å². The second-order valence-electron chi connectivity index (χ2n) is 3.93. The van der Waals surface area contributed by atoms with E-state index in [1.807, 2.05) is 6.07 Å². The van der Waals surface area contributed by atoms with E-state index < -0.39 is 12.1 Å². The van der Waals surface area contributed by atoms with Crippen molar-refractivity contribution in [3.05, 3.63) is 29.3 Å². The highest BCUT2D eigenvalue weighted by molar-refractivity contribution is 5.76. The summed E-state index contributed by atoms with van der Waals surface area (Å²) in [7, 11) is 0. The molecule has 1 aromatic rings. The summed E-state index contributed by atoms with van der Waals surface area (Å²) in [6, 6.07) is 5.03. The number of rotatable bonds is 3. The molecule has 1 heterocycles. The molecule has 0 fully saturated rings. The van der Waals surface area contributed by atoms with Gasteiger partial charge in [-0.05, 0) is 31.4 Å². The summed E-state index contributed by atoms with van der Waals surface area (Å²) in [5.41, 5.74) is 1.36. The van der Waals surface area contributed by atoms with Crippen LogP contribution in [0.3, 0.4) is 0 Å². The Balaban J connectivity index is 2.18. The molecule has 1 aliphatic heterocycles. The summed E-state index contributed by atoms with van der Waals surface area (Å²) in [6.07, 6.45) is 0.181. The van der Waals surface area contributed by atoms with Gasteiger partial charge in [-0.25, -0.2) is 9.18 Å². The molecule has 0 bridgehead atoms. The van der Waals surface area contributed by atoms with Crippen LogP contribution in [-0.2, 0) is 16.0 Å². The maximum absolute atomic E-state index is 13.8. The number of aryl methyl sites for hydroxylation is 1. The fraction of sp³-hybridized carbons (Fsp3) is 0.462. The fourth-order valence-electron chi connectivity index (χ4n) is 1.87. The van der Waals surface area contributed by atoms with Crippen molar-refractivity contribution in [2.45, 2.75) is 25.9 Å². The number of halogens is 1. The first-order valence-electron chi connectivity index (χ1n) is 5.78. The van der Waals surface area contributed by atoms with Crippen LogP contribution in [0.2, 0.25) is 0 Å². The molecular formula is C13H15FO3. The largest absolute Gasteiger partial charge is 0.493 e. The van der Waals surface area contributed by atoms with Gasteiger partial charge in [0, 0.05) is 5.56 Å². The number of alkyl halides is 1. The van der Waals surface area contributed by atoms with E-state index in [9.17, 15) is 9.18 Å². The molecule has 2 rings (SSSR count). The molecule has 92 valence electrons. The molecule has 0 spiro atoms. The number of hydrogen-bond donors (Lipinski definition) is 0. The average Bonchev–Trinajstić information content (AvgIpc) is 2.37. The summed E-state index contributed by atoms with van der Waals surface area (Å²) in [4.78, 5) is 11.3. The number of ether oxygens (including phenoxy) is 2. The van der Waals surface area contributed by atoms with Gasteiger partial charge in [0.15, 0.2) is 0 Å². The lowest BCUT2D eigenvalue weighted by atomic mass is 10.0. The lowest BCUT2D eigenvalue weighted by Crippen LogP contribution is -2.13. The van der Waals surface area contributed by atoms with Gasteiger partial charge in [-0.1, -0.05) is 12.1 Å². The van der Waals surface area contributed by atoms with Crippen LogP contribution in [0.15, 0.2) is 18.2 Å². The molecule has 0 amide bonds. The molecule has 1 unspecified atom stereocenters. The zero-order chi connectivity index (χ0) is 12.3. The zero-order valence-electron chi connectivity index (χ0n) is 9.74. The second kappa shape index (κ2) is 5.17. The van der Waals surface area contributed by atoms with Gasteiger partial charge in [0.1, 0.15) is 5.75 Å². The summed E-state index contributed by atoms with van der Waals surface area (Å²) in [6.45, 7) is 2.48. The Bertz CT molecular complexity index is 417. The molecule has 0 aliphatic carbocycles. The summed E-state index contributed by atoms with van der Waals surface area (Å²) < 4.78 is 23.8. The minimum Gasteiger partial charge on any atom is -0.493 e. The van der Waals surface area contributed by atoms with Gasteiger partial charge in [-0.2, -0.15) is 0 Å². The topological polar surface area (TPSA) is 35.5 Å². The van der Waals surface area contributed by atoms with Crippen molar-refractivity contribution in [1.82, 2.24) is 0 Å². The number of carbonyl (C=O) groups is 1. The van der Waals surface area contributed by atoms with E-state index in [2.05, 4.69) is 4.74 Å². The van der Waals surface area contributed by atoms with Gasteiger partial charge >= 0.3 is 5.97 Å². The van der Waals surface area contributed by atoms with Crippen molar-refractivity contribution in [2.24, 2.45) is 0 Å². The highest BCUT2D eigenvalue weighted by Gasteiger charge is 2.22. The Morgan fingerprint density at radius 1 is 1.59 bits per heavy atom. The Morgan fingerprint density at radius 3 is 3.18 bits per heavy atom. The number of esters is 1. The first-order chi connectivity index (χ1) is 8.22. The lowest BCUT2D eigenvalue weighted by molar-refractivity contribution is -0.149. The van der Waals surface area contributed by atoms with Crippen molar-refractivity contribution in [3.63, 3.8) is 0 Å². The fourth-order valence-corrected chi connectivity index (χ4v) is 1.87. The van der Waals surface area contributed by atoms with E-state index in [4.69, 9.17) is 4.74 Å². The van der Waals surface area contributed by atoms with Crippen molar-refractivity contribution < 1.29 is 18.7 Å². The molecule has 0 saturated heterocycles. The van der Waals surface area contributed by atoms with Crippen LogP contribution >= 0.6 is 0 Å². The minimum atomic E-state index is -1.73. The quantitative estimate of drug-likeness (QED) is 0.759. The molecule has 1 aromatic carbocycles. The Hall–Kier alpha value is -1.58. The van der Waals surface area contributed by atoms with E-state index in [0.29, 0.717) is 17.9 Å². The third-order valence-electron chi connectivity index (χ3n) is 2.73. The molecule has 4 heteroatoms. The highest BCUT2D eigenvalue weighted by atomic mass is 19.1. The Kier molecular flexibility index (Phi) is 3.61. The van der Waals surface area contributed by atoms with Crippen LogP contribution in [0, 0.1) is 0 Å². The van der Waals surface area contributed by atoms with Crippen LogP contribution in [-0.4, -0.2) is 19.2 Å². The number of hydrogen-bond acceptors (Lipinski definition) is 3. The Labute approximate surface area is 99.5 Å². The second-order valence-corrected chi connectivity index (χ2v) is 3.93. The van der Waals surface area contributed by atoms with Crippen LogP contribution < -0.4 is 4.74 Å². The van der Waals surface area contributed by atoms with Crippen molar-refractivity contribution >= 4 is 5.97 Å². The molecule has 0 radical (unpaired) electrons. The third-order valence-corrected chi connectivity index (χ3v) is 2.73. The molecule has 1 aliphatic rings. The summed E-state index contributed by atoms with van der Waals surface area (Å²) >= 11 is 0. The van der Waals surface area contributed by atoms with Crippen LogP contribution in [0.5, 0.6) is 5.75 Å². The molecule has 0 aromatic heterocycles. The van der Waals surface area contributed by atoms with E-state index in [1.165, 1.54) is 0 Å². The summed E-state index contributed by atoms with van der Waals surface area (Å²) in [5.74, 6) is -0.163. The maximum Gasteiger partial charge on any atom is 0.345 e. The summed E-state index contributed by atoms with van der Waals surface area (Å²) in [5, 5.41) is 0. The van der Waals surface area contributed by atoms with Crippen LogP contribution in [0.25, 0.3) is 0 Å². The van der Waals surface area contributed by atoms with Crippen LogP contribution in [0.1, 0.15) is 30.6 Å². The standard InChI is InChI=1S/C13H15FO3/c1-2-16-13(15)12(14)10-6-5-9-4-3-7-17-11(9)8-10/h5-6,8,12H,2-4,7H2,1H3. The smallest absolute Gasteiger partial charge is 0.345 e. The van der Waals surface area contributed by atoms with E-state index >= 15 is 0 Å². The number of benzene rings is 1. The van der Waals surface area contributed by atoms with Gasteiger partial charge in [0.25, 0.3) is 0 Å². The third kappa shape index (κ3) is 2.57. The van der Waals surface area contributed by atoms with Gasteiger partial charge < -0.3 is 9.47 Å². The normalized spacial score (nSPS) is 15.6. The van der Waals surface area contributed by atoms with E-state index in [-0.39, 0.29) is 6.61 Å². The zero-order valence-corrected chi connectivity index (χ0v) is 9.74. The van der Waals surface area contributed by atoms with Crippen molar-refractivity contribution in [3.8, 4) is 5.75 Å². The molecule has 3 nitrogen and oxygen atoms in total. The molecule has 1 atom stereocenters. The SMILES string of the molecule is CCOC(=O)C(F)c1ccc2c(c1)OCCC2. The first-order valence-corrected chi connectivity index (χ1v) is 5.78. The average molecular weight is 238 g/mol. The predicted molar refractivity (Wildman–Crippen MR) is 60.7 cm³/mol. The lowest BCUT2D eigenvalue weighted by Gasteiger charge is -2.18. The van der Waals surface area contributed by atoms with Gasteiger partial charge in [-0.15, -0.1) is 0 Å². The van der Waals surface area contributed by atoms with E-state index in [1.54, 1.807) is 19.1 Å². The first kappa shape index (κ1) is 11.9. The van der Waals surface area contributed by atoms with Gasteiger partial charge in [0.2, 0.25) is 6.17 Å². The monoisotopic (exact) mass is 238 g/mol. The van der Waals surface area contributed by atoms with Crippen molar-refractivity contribution in [2.75, 3.05) is 13.2 Å². The molecule has 0 N–H and O–H groups in total. The van der Waals surface area contributed by atoms with Gasteiger partial charge in [0.05, 0.1) is 13.2 Å². The molecular weight excluding hydrogens is 223 g/mol. The molecule has 0 saturated carbocycles. The number of fused-ring (bicyclic) bond motifs is 1. The highest BCUT2D eigenvalue weighted by Crippen LogP contribution is 2.29. The van der Waals surface area contributed by atoms with Gasteiger partial charge in [-0.3, -0.25) is 0 Å². The maximum atomic E-state index is 13.8.